The molecule has 368 valence electrons. The molecule has 0 aliphatic carbocycles. The molecule has 66 heavy (non-hydrogen) atoms. The van der Waals surface area contributed by atoms with Crippen molar-refractivity contribution in [2.45, 2.75) is 95.4 Å². The molecule has 4 aromatic heterocycles. The van der Waals surface area contributed by atoms with Gasteiger partial charge in [0.1, 0.15) is 36.6 Å². The third-order valence-corrected chi connectivity index (χ3v) is 14.7. The Morgan fingerprint density at radius 1 is 0.939 bits per heavy atom. The van der Waals surface area contributed by atoms with Crippen molar-refractivity contribution < 1.29 is 89.7 Å². The zero-order valence-electron chi connectivity index (χ0n) is 35.7. The minimum absolute atomic E-state index is 0.00269. The predicted octanol–water partition coefficient (Wildman–Crippen LogP) is -2.19. The van der Waals surface area contributed by atoms with Gasteiger partial charge in [0.05, 0.1) is 33.0 Å². The SMILES string of the molecule is CCN(CC)CC.Cn1c[n+]([C@@H]2O[C@H](COP(=O)([O-])OP(=O)(O)OP(=O)(O)OC[C@H]3O[C@@H](n4cnc5c(=O)[nH]c(N)nc54)[C@@H]4O[C@@](C)(CCC(=O)O)O[C@@H]43)[C@@H](O)[C@H]2O)c2nc(N)[nH]c(=O)c21. The first-order chi connectivity index (χ1) is 30.8. The first-order valence-corrected chi connectivity index (χ1v) is 24.4. The van der Waals surface area contributed by atoms with Crippen LogP contribution in [-0.2, 0) is 62.2 Å². The summed E-state index contributed by atoms with van der Waals surface area (Å²) in [6, 6.07) is 0. The van der Waals surface area contributed by atoms with Gasteiger partial charge < -0.3 is 69.8 Å². The van der Waals surface area contributed by atoms with Crippen LogP contribution < -0.4 is 32.0 Å². The van der Waals surface area contributed by atoms with E-state index in [-0.39, 0.29) is 40.6 Å². The van der Waals surface area contributed by atoms with Gasteiger partial charge in [0.2, 0.25) is 17.7 Å². The molecule has 0 amide bonds. The summed E-state index contributed by atoms with van der Waals surface area (Å²) < 4.78 is 82.8. The van der Waals surface area contributed by atoms with Crippen molar-refractivity contribution in [3.05, 3.63) is 33.4 Å². The number of carbonyl (C=O) groups is 1. The van der Waals surface area contributed by atoms with Gasteiger partial charge in [-0.25, -0.2) is 23.0 Å². The molecule has 7 heterocycles. The number of rotatable bonds is 18. The summed E-state index contributed by atoms with van der Waals surface area (Å²) in [5, 5.41) is 30.5. The van der Waals surface area contributed by atoms with Crippen LogP contribution in [-0.4, -0.2) is 145 Å². The van der Waals surface area contributed by atoms with E-state index in [4.69, 9.17) is 34.9 Å². The van der Waals surface area contributed by atoms with Crippen LogP contribution in [0.25, 0.3) is 22.3 Å². The van der Waals surface area contributed by atoms with E-state index in [2.05, 4.69) is 63.7 Å². The zero-order valence-corrected chi connectivity index (χ0v) is 38.4. The Labute approximate surface area is 371 Å². The van der Waals surface area contributed by atoms with Crippen molar-refractivity contribution in [1.82, 2.24) is 39.0 Å². The maximum atomic E-state index is 12.9. The molecule has 3 fully saturated rings. The van der Waals surface area contributed by atoms with Crippen molar-refractivity contribution in [2.75, 3.05) is 44.3 Å². The molecular weight excluding hydrogens is 951 g/mol. The summed E-state index contributed by atoms with van der Waals surface area (Å²) in [6.07, 6.45) is -9.93. The van der Waals surface area contributed by atoms with E-state index in [0.717, 1.165) is 10.9 Å². The smallest absolute Gasteiger partial charge is 0.487 e. The number of nitrogens with two attached hydrogens (primary N) is 2. The Morgan fingerprint density at radius 2 is 1.56 bits per heavy atom. The highest BCUT2D eigenvalue weighted by Crippen LogP contribution is 2.66. The van der Waals surface area contributed by atoms with Gasteiger partial charge in [0, 0.05) is 6.42 Å². The number of phosphoric acid groups is 3. The van der Waals surface area contributed by atoms with Gasteiger partial charge in [-0.1, -0.05) is 25.8 Å². The lowest BCUT2D eigenvalue weighted by molar-refractivity contribution is -0.745. The normalized spacial score (nSPS) is 29.1. The number of aliphatic hydroxyl groups excluding tert-OH is 2. The Bertz CT molecular complexity index is 2670. The van der Waals surface area contributed by atoms with E-state index < -0.39 is 115 Å². The lowest BCUT2D eigenvalue weighted by Crippen LogP contribution is -2.46. The number of hydrogen-bond acceptors (Lipinski definition) is 23. The second-order valence-electron chi connectivity index (χ2n) is 15.1. The van der Waals surface area contributed by atoms with E-state index >= 15 is 0 Å². The fourth-order valence-electron chi connectivity index (χ4n) is 7.39. The van der Waals surface area contributed by atoms with E-state index in [1.807, 2.05) is 0 Å². The van der Waals surface area contributed by atoms with Gasteiger partial charge in [-0.3, -0.25) is 42.6 Å². The van der Waals surface area contributed by atoms with Crippen molar-refractivity contribution in [3.8, 4) is 0 Å². The third-order valence-electron chi connectivity index (χ3n) is 10.5. The van der Waals surface area contributed by atoms with Gasteiger partial charge in [-0.05, 0) is 26.6 Å². The maximum absolute atomic E-state index is 12.9. The fourth-order valence-corrected chi connectivity index (χ4v) is 10.9. The molecule has 4 aromatic rings. The number of nitrogen functional groups attached to an aromatic ring is 2. The average Bonchev–Trinajstić information content (AvgIpc) is 4.01. The number of hydrogen-bond donors (Lipinski definition) is 9. The highest BCUT2D eigenvalue weighted by Gasteiger charge is 2.58. The molecule has 0 radical (unpaired) electrons. The van der Waals surface area contributed by atoms with Crippen molar-refractivity contribution in [2.24, 2.45) is 7.05 Å². The summed E-state index contributed by atoms with van der Waals surface area (Å²) in [4.78, 5) is 88.1. The molecule has 0 aromatic carbocycles. The van der Waals surface area contributed by atoms with Crippen LogP contribution in [0.3, 0.4) is 0 Å². The number of ether oxygens (including phenoxy) is 4. The second-order valence-corrected chi connectivity index (χ2v) is 19.7. The number of fused-ring (bicyclic) bond motifs is 3. The van der Waals surface area contributed by atoms with Crippen LogP contribution in [0.2, 0.25) is 0 Å². The van der Waals surface area contributed by atoms with Gasteiger partial charge in [0.25, 0.3) is 24.9 Å². The summed E-state index contributed by atoms with van der Waals surface area (Å²) in [6.45, 7) is 9.41. The van der Waals surface area contributed by atoms with E-state index in [1.54, 1.807) is 0 Å². The van der Waals surface area contributed by atoms with Crippen LogP contribution in [0, 0.1) is 0 Å². The number of nitrogens with one attached hydrogen (secondary N) is 2. The monoisotopic (exact) mass is 1000 g/mol. The number of aromatic nitrogens is 8. The number of aromatic amines is 2. The zero-order chi connectivity index (χ0) is 48.7. The molecule has 12 atom stereocenters. The highest BCUT2D eigenvalue weighted by molar-refractivity contribution is 7.66. The van der Waals surface area contributed by atoms with Gasteiger partial charge >= 0.3 is 27.3 Å². The topological polar surface area (TPSA) is 440 Å². The number of aliphatic carboxylic acids is 1. The van der Waals surface area contributed by atoms with Crippen LogP contribution in [0.5, 0.6) is 0 Å². The number of carboxylic acids is 1. The molecule has 3 unspecified atom stereocenters. The highest BCUT2D eigenvalue weighted by atomic mass is 31.3. The molecule has 0 saturated carbocycles. The standard InChI is InChI=1S/C26H35N10O20P3.C6H15N/c1-26(4-3-11(37)38)53-16-10(52-23(17(16)54-26)35-7-29-12-18(35)30-24(27)32-20(12)41)6-50-58(45,46)56-59(47,48)55-57(43,44)49-5-9-14(39)15(40)22(51-9)36-8-34(2)13-19(36)31-25(28)33-21(13)42;1-4-7(5-2)6-3/h7-10,14-17,22-23,39-40H,3-6H2,1-2H3,(H9-,27,28,30,31,32,33,37,38,41,42,43,44,45,46,47,48);4-6H2,1-3H3/t9-,10-,14-,15-,16-,17-,22-,23-,26+;/m1./s1. The number of nitrogens with zero attached hydrogens (tertiary/aromatic N) is 7. The number of H-pyrrole nitrogens is 2. The van der Waals surface area contributed by atoms with Gasteiger partial charge in [-0.2, -0.15) is 9.29 Å². The lowest BCUT2D eigenvalue weighted by atomic mass is 10.1. The minimum atomic E-state index is -6.10. The molecule has 0 spiro atoms. The Balaban J connectivity index is 0.000000952. The Hall–Kier alpha value is -4.10. The molecule has 31 nitrogen and oxygen atoms in total. The molecule has 34 heteroatoms. The largest absolute Gasteiger partial charge is 0.756 e. The van der Waals surface area contributed by atoms with Crippen LogP contribution in [0.4, 0.5) is 11.9 Å². The van der Waals surface area contributed by atoms with E-state index in [0.29, 0.717) is 0 Å². The number of aliphatic hydroxyl groups is 2. The molecule has 11 N–H and O–H groups in total. The van der Waals surface area contributed by atoms with Crippen molar-refractivity contribution in [1.29, 1.82) is 0 Å². The minimum Gasteiger partial charge on any atom is -0.756 e. The van der Waals surface area contributed by atoms with Crippen LogP contribution in [0.1, 0.15) is 53.0 Å². The number of imidazole rings is 2. The van der Waals surface area contributed by atoms with Crippen molar-refractivity contribution >= 4 is 63.7 Å². The molecule has 7 rings (SSSR count). The van der Waals surface area contributed by atoms with E-state index in [1.165, 1.54) is 49.1 Å². The van der Waals surface area contributed by atoms with Crippen LogP contribution >= 0.6 is 23.5 Å². The van der Waals surface area contributed by atoms with Gasteiger partial charge in [-0.15, -0.1) is 0 Å². The summed E-state index contributed by atoms with van der Waals surface area (Å²) in [5.74, 6) is -3.31. The summed E-state index contributed by atoms with van der Waals surface area (Å²) >= 11 is 0. The molecular formula is C32H50N11O20P3. The second kappa shape index (κ2) is 19.9. The summed E-state index contributed by atoms with van der Waals surface area (Å²) in [5.41, 5.74) is 9.66. The molecule has 3 aliphatic heterocycles. The van der Waals surface area contributed by atoms with Gasteiger partial charge in [0.15, 0.2) is 29.5 Å². The third kappa shape index (κ3) is 11.4. The average molecular weight is 1000 g/mol. The number of aryl methyl sites for hydroxylation is 1. The molecule has 0 bridgehead atoms. The first-order valence-electron chi connectivity index (χ1n) is 19.9. The Kier molecular flexibility index (Phi) is 15.4. The fraction of sp³-hybridized carbons (Fsp3) is 0.656. The first kappa shape index (κ1) is 51.3. The van der Waals surface area contributed by atoms with Crippen molar-refractivity contribution in [3.63, 3.8) is 0 Å². The molecule has 3 aliphatic rings. The number of anilines is 2. The maximum Gasteiger partial charge on any atom is 0.487 e. The van der Waals surface area contributed by atoms with E-state index in [9.17, 15) is 58.1 Å². The number of phosphoric ester groups is 2. The molecule has 3 saturated heterocycles. The Morgan fingerprint density at radius 3 is 2.20 bits per heavy atom. The quantitative estimate of drug-likeness (QED) is 0.0378. The summed E-state index contributed by atoms with van der Waals surface area (Å²) in [7, 11) is -16.4. The van der Waals surface area contributed by atoms with Crippen LogP contribution in [0.15, 0.2) is 22.2 Å². The number of carboxylic acid groups (broad SMARTS) is 1. The predicted molar refractivity (Wildman–Crippen MR) is 218 cm³/mol. The lowest BCUT2D eigenvalue weighted by Gasteiger charge is -2.28.